The fourth-order valence-corrected chi connectivity index (χ4v) is 4.72. The lowest BCUT2D eigenvalue weighted by Crippen LogP contribution is -2.60. The standard InChI is InChI=1S/C18H28O5/c1-16(2)9-20-18(21-10-16)6-5-13(19)11-7-14-15(8-12(11)18)23-17(3,4)22-14/h11-12,14-15H,5-10H2,1-4H3/t11-,12-,14-,15+/m0/s1. The molecule has 2 saturated heterocycles. The van der Waals surface area contributed by atoms with Crippen LogP contribution in [0.15, 0.2) is 0 Å². The predicted octanol–water partition coefficient (Wildman–Crippen LogP) is 2.66. The average Bonchev–Trinajstić information content (AvgIpc) is 2.77. The fourth-order valence-electron chi connectivity index (χ4n) is 4.72. The van der Waals surface area contributed by atoms with E-state index in [-0.39, 0.29) is 29.5 Å². The van der Waals surface area contributed by atoms with Crippen LogP contribution in [0.3, 0.4) is 0 Å². The SMILES string of the molecule is CC1(C)COC2(CCC(=O)[C@H]3C[C@@H]4OC(C)(C)O[C@@H]4C[C@@H]32)OC1. The van der Waals surface area contributed by atoms with Gasteiger partial charge in [0.25, 0.3) is 0 Å². The second-order valence-electron chi connectivity index (χ2n) is 8.92. The van der Waals surface area contributed by atoms with Crippen molar-refractivity contribution in [2.45, 2.75) is 77.2 Å². The van der Waals surface area contributed by atoms with E-state index >= 15 is 0 Å². The number of ketones is 1. The van der Waals surface area contributed by atoms with Gasteiger partial charge in [-0.2, -0.15) is 0 Å². The molecule has 23 heavy (non-hydrogen) atoms. The zero-order valence-electron chi connectivity index (χ0n) is 14.6. The van der Waals surface area contributed by atoms with Gasteiger partial charge < -0.3 is 18.9 Å². The summed E-state index contributed by atoms with van der Waals surface area (Å²) in [4.78, 5) is 12.5. The molecule has 0 amide bonds. The van der Waals surface area contributed by atoms with E-state index in [1.165, 1.54) is 0 Å². The Balaban J connectivity index is 1.59. The molecule has 0 N–H and O–H groups in total. The van der Waals surface area contributed by atoms with Crippen LogP contribution in [0, 0.1) is 17.3 Å². The highest BCUT2D eigenvalue weighted by Crippen LogP contribution is 2.52. The van der Waals surface area contributed by atoms with Gasteiger partial charge in [-0.1, -0.05) is 13.8 Å². The topological polar surface area (TPSA) is 54.0 Å². The Kier molecular flexibility index (Phi) is 3.48. The second-order valence-corrected chi connectivity index (χ2v) is 8.92. The van der Waals surface area contributed by atoms with Crippen LogP contribution in [0.25, 0.3) is 0 Å². The van der Waals surface area contributed by atoms with Crippen LogP contribution in [0.4, 0.5) is 0 Å². The lowest BCUT2D eigenvalue weighted by atomic mass is 9.65. The van der Waals surface area contributed by atoms with Gasteiger partial charge in [-0.3, -0.25) is 4.79 Å². The van der Waals surface area contributed by atoms with Crippen molar-refractivity contribution in [3.05, 3.63) is 0 Å². The van der Waals surface area contributed by atoms with Crippen LogP contribution in [0.1, 0.15) is 53.4 Å². The summed E-state index contributed by atoms with van der Waals surface area (Å²) in [5, 5.41) is 0. The average molecular weight is 324 g/mol. The summed E-state index contributed by atoms with van der Waals surface area (Å²) < 4.78 is 24.6. The number of fused-ring (bicyclic) bond motifs is 3. The first-order valence-corrected chi connectivity index (χ1v) is 8.86. The molecule has 4 aliphatic rings. The Bertz CT molecular complexity index is 502. The van der Waals surface area contributed by atoms with E-state index in [1.54, 1.807) is 0 Å². The molecule has 130 valence electrons. The van der Waals surface area contributed by atoms with Gasteiger partial charge in [-0.05, 0) is 26.7 Å². The van der Waals surface area contributed by atoms with Crippen molar-refractivity contribution in [1.29, 1.82) is 0 Å². The smallest absolute Gasteiger partial charge is 0.172 e. The number of rotatable bonds is 0. The van der Waals surface area contributed by atoms with E-state index in [1.807, 2.05) is 13.8 Å². The Morgan fingerprint density at radius 2 is 1.57 bits per heavy atom. The minimum absolute atomic E-state index is 0.0189. The van der Waals surface area contributed by atoms with Gasteiger partial charge in [0.2, 0.25) is 0 Å². The van der Waals surface area contributed by atoms with Crippen molar-refractivity contribution < 1.29 is 23.7 Å². The third kappa shape index (κ3) is 2.66. The minimum atomic E-state index is -0.602. The molecule has 1 spiro atoms. The van der Waals surface area contributed by atoms with Crippen molar-refractivity contribution in [2.24, 2.45) is 17.3 Å². The van der Waals surface area contributed by atoms with Crippen LogP contribution in [0.5, 0.6) is 0 Å². The van der Waals surface area contributed by atoms with Crippen LogP contribution < -0.4 is 0 Å². The summed E-state index contributed by atoms with van der Waals surface area (Å²) in [6.07, 6.45) is 2.79. The molecule has 0 aromatic heterocycles. The van der Waals surface area contributed by atoms with E-state index in [2.05, 4.69) is 13.8 Å². The van der Waals surface area contributed by atoms with Gasteiger partial charge >= 0.3 is 0 Å². The molecule has 4 rings (SSSR count). The quantitative estimate of drug-likeness (QED) is 0.686. The molecule has 5 nitrogen and oxygen atoms in total. The van der Waals surface area contributed by atoms with Crippen molar-refractivity contribution in [3.63, 3.8) is 0 Å². The molecule has 4 atom stereocenters. The lowest BCUT2D eigenvalue weighted by molar-refractivity contribution is -0.340. The molecule has 2 aliphatic heterocycles. The molecule has 2 saturated carbocycles. The molecule has 0 aromatic rings. The normalized spacial score (nSPS) is 43.9. The van der Waals surface area contributed by atoms with Crippen molar-refractivity contribution in [3.8, 4) is 0 Å². The summed E-state index contributed by atoms with van der Waals surface area (Å²) in [6.45, 7) is 9.56. The number of carbonyl (C=O) groups is 1. The Morgan fingerprint density at radius 1 is 0.957 bits per heavy atom. The Labute approximate surface area is 138 Å². The van der Waals surface area contributed by atoms with Crippen molar-refractivity contribution >= 4 is 5.78 Å². The van der Waals surface area contributed by atoms with Gasteiger partial charge in [0, 0.05) is 30.1 Å². The molecule has 2 heterocycles. The molecular weight excluding hydrogens is 296 g/mol. The van der Waals surface area contributed by atoms with E-state index < -0.39 is 11.6 Å². The third-order valence-corrected chi connectivity index (χ3v) is 5.86. The first kappa shape index (κ1) is 16.0. The highest BCUT2D eigenvalue weighted by molar-refractivity contribution is 5.82. The summed E-state index contributed by atoms with van der Waals surface area (Å²) >= 11 is 0. The first-order chi connectivity index (χ1) is 10.7. The van der Waals surface area contributed by atoms with Crippen LogP contribution in [0.2, 0.25) is 0 Å². The number of ether oxygens (including phenoxy) is 4. The maximum atomic E-state index is 12.5. The summed E-state index contributed by atoms with van der Waals surface area (Å²) in [5.74, 6) is -0.767. The third-order valence-electron chi connectivity index (χ3n) is 5.86. The van der Waals surface area contributed by atoms with Gasteiger partial charge in [-0.15, -0.1) is 0 Å². The van der Waals surface area contributed by atoms with E-state index in [9.17, 15) is 4.79 Å². The van der Waals surface area contributed by atoms with Gasteiger partial charge in [0.05, 0.1) is 25.4 Å². The van der Waals surface area contributed by atoms with Crippen LogP contribution in [-0.2, 0) is 23.7 Å². The summed E-state index contributed by atoms with van der Waals surface area (Å²) in [7, 11) is 0. The van der Waals surface area contributed by atoms with Crippen molar-refractivity contribution in [1.82, 2.24) is 0 Å². The Morgan fingerprint density at radius 3 is 2.22 bits per heavy atom. The maximum Gasteiger partial charge on any atom is 0.172 e. The lowest BCUT2D eigenvalue weighted by Gasteiger charge is -2.53. The molecule has 0 aromatic carbocycles. The molecule has 5 heteroatoms. The van der Waals surface area contributed by atoms with E-state index in [4.69, 9.17) is 18.9 Å². The van der Waals surface area contributed by atoms with E-state index in [0.717, 1.165) is 12.8 Å². The van der Waals surface area contributed by atoms with Crippen LogP contribution >= 0.6 is 0 Å². The first-order valence-electron chi connectivity index (χ1n) is 8.86. The molecule has 4 fully saturated rings. The summed E-state index contributed by atoms with van der Waals surface area (Å²) in [5.41, 5.74) is 0.0361. The molecular formula is C18H28O5. The van der Waals surface area contributed by atoms with Gasteiger partial charge in [0.15, 0.2) is 11.6 Å². The largest absolute Gasteiger partial charge is 0.349 e. The molecule has 0 radical (unpaired) electrons. The zero-order chi connectivity index (χ0) is 16.5. The van der Waals surface area contributed by atoms with Gasteiger partial charge in [0.1, 0.15) is 5.78 Å². The van der Waals surface area contributed by atoms with Crippen molar-refractivity contribution in [2.75, 3.05) is 13.2 Å². The minimum Gasteiger partial charge on any atom is -0.349 e. The zero-order valence-corrected chi connectivity index (χ0v) is 14.6. The predicted molar refractivity (Wildman–Crippen MR) is 82.7 cm³/mol. The van der Waals surface area contributed by atoms with Crippen LogP contribution in [-0.4, -0.2) is 42.8 Å². The number of hydrogen-bond donors (Lipinski definition) is 0. The summed E-state index contributed by atoms with van der Waals surface area (Å²) in [6, 6.07) is 0. The highest BCUT2D eigenvalue weighted by Gasteiger charge is 2.59. The monoisotopic (exact) mass is 324 g/mol. The molecule has 2 aliphatic carbocycles. The molecule has 0 unspecified atom stereocenters. The Hall–Kier alpha value is -0.490. The number of carbonyl (C=O) groups excluding carboxylic acids is 1. The molecule has 0 bridgehead atoms. The second kappa shape index (κ2) is 5.01. The fraction of sp³-hybridized carbons (Fsp3) is 0.944. The number of hydrogen-bond acceptors (Lipinski definition) is 5. The van der Waals surface area contributed by atoms with E-state index in [0.29, 0.717) is 31.8 Å². The number of Topliss-reactive ketones (excluding diaryl/α,β-unsaturated/α-hetero) is 1. The maximum absolute atomic E-state index is 12.5. The highest BCUT2D eigenvalue weighted by atomic mass is 16.8. The van der Waals surface area contributed by atoms with Gasteiger partial charge in [-0.25, -0.2) is 0 Å².